The SMILES string of the molecule is O=C(NO)c1cccc2c1CC1(CCN(CCCc3ccccc3)C1=O)C2. The molecule has 0 bridgehead atoms. The van der Waals surface area contributed by atoms with Gasteiger partial charge >= 0.3 is 0 Å². The van der Waals surface area contributed by atoms with Crippen molar-refractivity contribution in [3.05, 3.63) is 70.8 Å². The number of aryl methyl sites for hydroxylation is 1. The van der Waals surface area contributed by atoms with Gasteiger partial charge in [0.1, 0.15) is 0 Å². The van der Waals surface area contributed by atoms with Crippen LogP contribution in [0.5, 0.6) is 0 Å². The fourth-order valence-corrected chi connectivity index (χ4v) is 4.60. The summed E-state index contributed by atoms with van der Waals surface area (Å²) in [5.41, 5.74) is 5.03. The maximum atomic E-state index is 13.2. The van der Waals surface area contributed by atoms with E-state index in [0.717, 1.165) is 43.5 Å². The summed E-state index contributed by atoms with van der Waals surface area (Å²) in [7, 11) is 0. The van der Waals surface area contributed by atoms with Crippen LogP contribution in [0.3, 0.4) is 0 Å². The van der Waals surface area contributed by atoms with E-state index in [0.29, 0.717) is 18.4 Å². The molecule has 1 aliphatic heterocycles. The average Bonchev–Trinajstić information content (AvgIpc) is 3.23. The molecule has 0 aromatic heterocycles. The van der Waals surface area contributed by atoms with Gasteiger partial charge < -0.3 is 4.90 Å². The van der Waals surface area contributed by atoms with Gasteiger partial charge in [0.25, 0.3) is 5.91 Å². The quantitative estimate of drug-likeness (QED) is 0.633. The number of hydrogen-bond acceptors (Lipinski definition) is 3. The Labute approximate surface area is 159 Å². The Hall–Kier alpha value is -2.66. The van der Waals surface area contributed by atoms with E-state index in [9.17, 15) is 9.59 Å². The van der Waals surface area contributed by atoms with Gasteiger partial charge in [0, 0.05) is 18.7 Å². The largest absolute Gasteiger partial charge is 0.342 e. The Kier molecular flexibility index (Phi) is 4.70. The molecule has 1 spiro atoms. The van der Waals surface area contributed by atoms with Crippen molar-refractivity contribution in [2.75, 3.05) is 13.1 Å². The first-order chi connectivity index (χ1) is 13.1. The lowest BCUT2D eigenvalue weighted by atomic mass is 9.83. The summed E-state index contributed by atoms with van der Waals surface area (Å²) in [4.78, 5) is 27.1. The van der Waals surface area contributed by atoms with Crippen LogP contribution < -0.4 is 5.48 Å². The summed E-state index contributed by atoms with van der Waals surface area (Å²) in [5.74, 6) is -0.295. The lowest BCUT2D eigenvalue weighted by Gasteiger charge is -2.22. The predicted molar refractivity (Wildman–Crippen MR) is 101 cm³/mol. The molecule has 2 amide bonds. The molecule has 140 valence electrons. The van der Waals surface area contributed by atoms with Gasteiger partial charge in [-0.2, -0.15) is 0 Å². The number of likely N-dealkylation sites (tertiary alicyclic amines) is 1. The number of hydroxylamine groups is 1. The fourth-order valence-electron chi connectivity index (χ4n) is 4.60. The topological polar surface area (TPSA) is 69.6 Å². The number of nitrogens with zero attached hydrogens (tertiary/aromatic N) is 1. The van der Waals surface area contributed by atoms with Crippen LogP contribution >= 0.6 is 0 Å². The normalized spacial score (nSPS) is 20.9. The van der Waals surface area contributed by atoms with Crippen molar-refractivity contribution in [2.24, 2.45) is 5.41 Å². The second-order valence-corrected chi connectivity index (χ2v) is 7.65. The Balaban J connectivity index is 1.43. The standard InChI is InChI=1S/C22H24N2O3/c25-20(23-27)18-10-4-9-17-14-22(15-19(17)18)11-13-24(21(22)26)12-5-8-16-6-2-1-3-7-16/h1-4,6-7,9-10,27H,5,8,11-15H2,(H,23,25). The van der Waals surface area contributed by atoms with Crippen molar-refractivity contribution >= 4 is 11.8 Å². The van der Waals surface area contributed by atoms with E-state index in [2.05, 4.69) is 12.1 Å². The van der Waals surface area contributed by atoms with Crippen molar-refractivity contribution in [1.82, 2.24) is 10.4 Å². The molecule has 1 saturated heterocycles. The van der Waals surface area contributed by atoms with E-state index in [1.54, 1.807) is 11.5 Å². The fraction of sp³-hybridized carbons (Fsp3) is 0.364. The van der Waals surface area contributed by atoms with Gasteiger partial charge in [0.2, 0.25) is 5.91 Å². The van der Waals surface area contributed by atoms with Crippen LogP contribution in [-0.2, 0) is 24.1 Å². The Morgan fingerprint density at radius 1 is 1.11 bits per heavy atom. The molecule has 2 aliphatic rings. The molecule has 1 unspecified atom stereocenters. The molecule has 2 aromatic rings. The number of nitrogens with one attached hydrogen (secondary N) is 1. The lowest BCUT2D eigenvalue weighted by molar-refractivity contribution is -0.135. The Morgan fingerprint density at radius 2 is 1.93 bits per heavy atom. The van der Waals surface area contributed by atoms with Gasteiger partial charge in [0.05, 0.1) is 5.41 Å². The molecule has 0 radical (unpaired) electrons. The van der Waals surface area contributed by atoms with Crippen LogP contribution in [0.2, 0.25) is 0 Å². The summed E-state index contributed by atoms with van der Waals surface area (Å²) in [5, 5.41) is 8.99. The zero-order chi connectivity index (χ0) is 18.9. The summed E-state index contributed by atoms with van der Waals surface area (Å²) in [6.07, 6.45) is 4.02. The Bertz CT molecular complexity index is 865. The molecule has 1 atom stereocenters. The monoisotopic (exact) mass is 364 g/mol. The third kappa shape index (κ3) is 3.23. The minimum absolute atomic E-state index is 0.210. The van der Waals surface area contributed by atoms with Crippen LogP contribution in [0.25, 0.3) is 0 Å². The zero-order valence-corrected chi connectivity index (χ0v) is 15.3. The van der Waals surface area contributed by atoms with Gasteiger partial charge in [-0.3, -0.25) is 14.8 Å². The summed E-state index contributed by atoms with van der Waals surface area (Å²) < 4.78 is 0. The van der Waals surface area contributed by atoms with E-state index >= 15 is 0 Å². The zero-order valence-electron chi connectivity index (χ0n) is 15.3. The molecule has 0 saturated carbocycles. The molecular formula is C22H24N2O3. The minimum atomic E-state index is -0.505. The average molecular weight is 364 g/mol. The molecule has 5 heteroatoms. The maximum absolute atomic E-state index is 13.2. The van der Waals surface area contributed by atoms with Crippen molar-refractivity contribution < 1.29 is 14.8 Å². The van der Waals surface area contributed by atoms with Crippen LogP contribution in [0.15, 0.2) is 48.5 Å². The first kappa shape index (κ1) is 17.7. The number of rotatable bonds is 5. The maximum Gasteiger partial charge on any atom is 0.274 e. The molecule has 5 nitrogen and oxygen atoms in total. The van der Waals surface area contributed by atoms with Gasteiger partial charge in [0.15, 0.2) is 0 Å². The second kappa shape index (κ2) is 7.16. The summed E-state index contributed by atoms with van der Waals surface area (Å²) >= 11 is 0. The second-order valence-electron chi connectivity index (χ2n) is 7.65. The third-order valence-electron chi connectivity index (χ3n) is 6.00. The highest BCUT2D eigenvalue weighted by Gasteiger charge is 2.50. The highest BCUT2D eigenvalue weighted by atomic mass is 16.5. The van der Waals surface area contributed by atoms with Crippen LogP contribution in [0, 0.1) is 5.41 Å². The van der Waals surface area contributed by atoms with Crippen molar-refractivity contribution in [3.63, 3.8) is 0 Å². The number of benzene rings is 2. The molecule has 27 heavy (non-hydrogen) atoms. The van der Waals surface area contributed by atoms with Crippen molar-refractivity contribution in [3.8, 4) is 0 Å². The van der Waals surface area contributed by atoms with Gasteiger partial charge in [-0.05, 0) is 54.9 Å². The van der Waals surface area contributed by atoms with Crippen LogP contribution in [0.4, 0.5) is 0 Å². The molecule has 2 N–H and O–H groups in total. The number of fused-ring (bicyclic) bond motifs is 1. The van der Waals surface area contributed by atoms with Crippen LogP contribution in [0.1, 0.15) is 39.9 Å². The molecule has 4 rings (SSSR count). The first-order valence-electron chi connectivity index (χ1n) is 9.51. The highest BCUT2D eigenvalue weighted by Crippen LogP contribution is 2.45. The third-order valence-corrected chi connectivity index (χ3v) is 6.00. The molecule has 2 aromatic carbocycles. The number of hydrogen-bond donors (Lipinski definition) is 2. The number of carbonyl (C=O) groups excluding carboxylic acids is 2. The number of amides is 2. The molecule has 1 fully saturated rings. The van der Waals surface area contributed by atoms with E-state index in [-0.39, 0.29) is 5.91 Å². The van der Waals surface area contributed by atoms with Gasteiger partial charge in [-0.15, -0.1) is 0 Å². The van der Waals surface area contributed by atoms with Crippen molar-refractivity contribution in [2.45, 2.75) is 32.1 Å². The smallest absolute Gasteiger partial charge is 0.274 e. The predicted octanol–water partition coefficient (Wildman–Crippen LogP) is 2.76. The lowest BCUT2D eigenvalue weighted by Crippen LogP contribution is -2.36. The van der Waals surface area contributed by atoms with E-state index in [4.69, 9.17) is 5.21 Å². The molecular weight excluding hydrogens is 340 g/mol. The molecule has 1 aliphatic carbocycles. The minimum Gasteiger partial charge on any atom is -0.342 e. The summed E-state index contributed by atoms with van der Waals surface area (Å²) in [6, 6.07) is 15.9. The molecule has 1 heterocycles. The highest BCUT2D eigenvalue weighted by molar-refractivity contribution is 5.96. The van der Waals surface area contributed by atoms with Crippen LogP contribution in [-0.4, -0.2) is 35.0 Å². The van der Waals surface area contributed by atoms with E-state index in [1.807, 2.05) is 35.2 Å². The van der Waals surface area contributed by atoms with Gasteiger partial charge in [-0.25, -0.2) is 5.48 Å². The summed E-state index contributed by atoms with van der Waals surface area (Å²) in [6.45, 7) is 1.55. The Morgan fingerprint density at radius 3 is 2.70 bits per heavy atom. The van der Waals surface area contributed by atoms with Crippen molar-refractivity contribution in [1.29, 1.82) is 0 Å². The van der Waals surface area contributed by atoms with E-state index < -0.39 is 11.3 Å². The van der Waals surface area contributed by atoms with E-state index in [1.165, 1.54) is 5.56 Å². The first-order valence-corrected chi connectivity index (χ1v) is 9.51. The number of carbonyl (C=O) groups is 2. The van der Waals surface area contributed by atoms with Gasteiger partial charge in [-0.1, -0.05) is 42.5 Å².